The van der Waals surface area contributed by atoms with E-state index in [1.54, 1.807) is 61.3 Å². The number of methoxy groups -OCH3 is 2. The summed E-state index contributed by atoms with van der Waals surface area (Å²) in [5, 5.41) is 15.2. The van der Waals surface area contributed by atoms with Crippen molar-refractivity contribution >= 4 is 58.5 Å². The predicted octanol–water partition coefficient (Wildman–Crippen LogP) is 4.85. The molecule has 12 heteroatoms. The van der Waals surface area contributed by atoms with E-state index in [0.717, 1.165) is 5.56 Å². The number of ether oxygens (including phenoxy) is 2. The van der Waals surface area contributed by atoms with Crippen LogP contribution in [0.5, 0.6) is 11.5 Å². The molecule has 0 aliphatic rings. The quantitative estimate of drug-likeness (QED) is 0.185. The molecule has 9 nitrogen and oxygen atoms in total. The lowest BCUT2D eigenvalue weighted by Crippen LogP contribution is -2.23. The van der Waals surface area contributed by atoms with Gasteiger partial charge in [-0.1, -0.05) is 47.1 Å². The van der Waals surface area contributed by atoms with Crippen molar-refractivity contribution in [3.63, 3.8) is 0 Å². The van der Waals surface area contributed by atoms with Gasteiger partial charge in [0.05, 0.1) is 26.5 Å². The van der Waals surface area contributed by atoms with Crippen LogP contribution in [0.25, 0.3) is 6.08 Å². The van der Waals surface area contributed by atoms with Gasteiger partial charge in [-0.25, -0.2) is 0 Å². The van der Waals surface area contributed by atoms with Crippen LogP contribution in [0, 0.1) is 0 Å². The first-order chi connectivity index (χ1) is 17.8. The third-order valence-electron chi connectivity index (χ3n) is 4.84. The largest absolute Gasteiger partial charge is 0.493 e. The average Bonchev–Trinajstić information content (AvgIpc) is 3.25. The monoisotopic (exact) mass is 561 g/mol. The second-order valence-corrected chi connectivity index (χ2v) is 9.27. The number of benzene rings is 2. The lowest BCUT2D eigenvalue weighted by atomic mass is 10.2. The average molecular weight is 562 g/mol. The Hall–Kier alpha value is -3.47. The number of nitrogens with one attached hydrogen (secondary N) is 2. The molecule has 0 fully saturated rings. The summed E-state index contributed by atoms with van der Waals surface area (Å²) in [6.45, 7) is 4.32. The summed E-state index contributed by atoms with van der Waals surface area (Å²) in [7, 11) is 3.10. The highest BCUT2D eigenvalue weighted by molar-refractivity contribution is 7.99. The van der Waals surface area contributed by atoms with E-state index < -0.39 is 0 Å². The fourth-order valence-electron chi connectivity index (χ4n) is 3.18. The fourth-order valence-corrected chi connectivity index (χ4v) is 4.47. The smallest absolute Gasteiger partial charge is 0.244 e. The molecule has 0 saturated heterocycles. The van der Waals surface area contributed by atoms with Crippen LogP contribution in [0.4, 0.5) is 5.69 Å². The number of amides is 2. The minimum absolute atomic E-state index is 0.0832. The molecule has 0 atom stereocenters. The first-order valence-electron chi connectivity index (χ1n) is 10.9. The van der Waals surface area contributed by atoms with Gasteiger partial charge in [0.2, 0.25) is 11.8 Å². The molecule has 37 heavy (non-hydrogen) atoms. The maximum absolute atomic E-state index is 12.4. The molecule has 0 saturated carbocycles. The summed E-state index contributed by atoms with van der Waals surface area (Å²) < 4.78 is 12.3. The molecule has 1 heterocycles. The number of hydrogen-bond acceptors (Lipinski definition) is 7. The van der Waals surface area contributed by atoms with E-state index >= 15 is 0 Å². The lowest BCUT2D eigenvalue weighted by Gasteiger charge is -2.09. The number of aromatic nitrogens is 3. The zero-order valence-electron chi connectivity index (χ0n) is 20.2. The Balaban J connectivity index is 1.58. The van der Waals surface area contributed by atoms with Crippen molar-refractivity contribution in [3.05, 3.63) is 76.6 Å². The molecule has 1 aromatic heterocycles. The lowest BCUT2D eigenvalue weighted by molar-refractivity contribution is -0.116. The second kappa shape index (κ2) is 13.7. The molecule has 2 amide bonds. The van der Waals surface area contributed by atoms with Crippen LogP contribution in [0.2, 0.25) is 10.0 Å². The van der Waals surface area contributed by atoms with E-state index in [1.807, 2.05) is 6.07 Å². The Kier molecular flexibility index (Phi) is 10.4. The molecule has 0 spiro atoms. The van der Waals surface area contributed by atoms with Gasteiger partial charge in [0.25, 0.3) is 0 Å². The van der Waals surface area contributed by atoms with Crippen LogP contribution < -0.4 is 20.1 Å². The van der Waals surface area contributed by atoms with Crippen LogP contribution in [0.3, 0.4) is 0 Å². The number of halogens is 2. The maximum atomic E-state index is 12.4. The molecule has 0 bridgehead atoms. The number of nitrogens with zero attached hydrogens (tertiary/aromatic N) is 3. The van der Waals surface area contributed by atoms with Crippen molar-refractivity contribution in [1.82, 2.24) is 20.1 Å². The number of rotatable bonds is 12. The van der Waals surface area contributed by atoms with Gasteiger partial charge in [0.1, 0.15) is 0 Å². The van der Waals surface area contributed by atoms with E-state index in [9.17, 15) is 9.59 Å². The Labute approximate surface area is 228 Å². The van der Waals surface area contributed by atoms with Gasteiger partial charge in [0.15, 0.2) is 22.5 Å². The molecule has 194 valence electrons. The van der Waals surface area contributed by atoms with Crippen LogP contribution in [0.15, 0.2) is 60.3 Å². The molecule has 3 aromatic rings. The first kappa shape index (κ1) is 28.1. The molecule has 2 N–H and O–H groups in total. The number of allylic oxidation sites excluding steroid dienone is 1. The first-order valence-corrected chi connectivity index (χ1v) is 12.7. The van der Waals surface area contributed by atoms with Crippen molar-refractivity contribution in [2.75, 3.05) is 25.3 Å². The van der Waals surface area contributed by atoms with Gasteiger partial charge in [-0.15, -0.1) is 16.8 Å². The van der Waals surface area contributed by atoms with Crippen LogP contribution >= 0.6 is 35.0 Å². The summed E-state index contributed by atoms with van der Waals surface area (Å²) in [4.78, 5) is 24.8. The molecular formula is C25H25Cl2N5O4S. The summed E-state index contributed by atoms with van der Waals surface area (Å²) in [6, 6.07) is 10.1. The van der Waals surface area contributed by atoms with Crippen molar-refractivity contribution < 1.29 is 19.1 Å². The van der Waals surface area contributed by atoms with E-state index in [4.69, 9.17) is 32.7 Å². The van der Waals surface area contributed by atoms with Gasteiger partial charge in [-0.05, 0) is 42.0 Å². The van der Waals surface area contributed by atoms with Crippen LogP contribution in [-0.4, -0.2) is 46.6 Å². The van der Waals surface area contributed by atoms with Crippen molar-refractivity contribution in [1.29, 1.82) is 0 Å². The predicted molar refractivity (Wildman–Crippen MR) is 146 cm³/mol. The van der Waals surface area contributed by atoms with Crippen LogP contribution in [-0.2, 0) is 22.7 Å². The highest BCUT2D eigenvalue weighted by Crippen LogP contribution is 2.28. The van der Waals surface area contributed by atoms with E-state index in [-0.39, 0.29) is 24.1 Å². The number of thioether (sulfide) groups is 1. The molecule has 0 aliphatic carbocycles. The van der Waals surface area contributed by atoms with Crippen molar-refractivity contribution in [2.24, 2.45) is 0 Å². The molecule has 0 unspecified atom stereocenters. The van der Waals surface area contributed by atoms with Gasteiger partial charge in [-0.2, -0.15) is 0 Å². The van der Waals surface area contributed by atoms with E-state index in [0.29, 0.717) is 44.8 Å². The Morgan fingerprint density at radius 1 is 1.08 bits per heavy atom. The fraction of sp³-hybridized carbons (Fsp3) is 0.200. The van der Waals surface area contributed by atoms with Gasteiger partial charge < -0.3 is 24.7 Å². The van der Waals surface area contributed by atoms with Gasteiger partial charge >= 0.3 is 0 Å². The molecule has 0 aliphatic heterocycles. The zero-order valence-corrected chi connectivity index (χ0v) is 22.5. The van der Waals surface area contributed by atoms with Gasteiger partial charge in [0, 0.05) is 28.4 Å². The highest BCUT2D eigenvalue weighted by atomic mass is 35.5. The van der Waals surface area contributed by atoms with Crippen molar-refractivity contribution in [2.45, 2.75) is 18.2 Å². The highest BCUT2D eigenvalue weighted by Gasteiger charge is 2.14. The number of carbonyl (C=O) groups is 2. The third kappa shape index (κ3) is 8.28. The minimum atomic E-state index is -0.309. The third-order valence-corrected chi connectivity index (χ3v) is 6.24. The standard InChI is InChI=1S/C25H25Cl2N5O4S/c1-4-9-32-22(14-28-23(33)8-6-16-5-7-20(35-2)21(10-16)36-3)30-31-25(32)37-15-24(34)29-19-12-17(26)11-18(27)13-19/h4-8,10-13H,1,9,14-15H2,2-3H3,(H,28,33)(H,29,34)/b8-6+. The maximum Gasteiger partial charge on any atom is 0.244 e. The molecular weight excluding hydrogens is 537 g/mol. The Morgan fingerprint density at radius 2 is 1.81 bits per heavy atom. The topological polar surface area (TPSA) is 107 Å². The van der Waals surface area contributed by atoms with Crippen LogP contribution in [0.1, 0.15) is 11.4 Å². The summed E-state index contributed by atoms with van der Waals surface area (Å²) in [5.41, 5.74) is 1.28. The molecule has 0 radical (unpaired) electrons. The van der Waals surface area contributed by atoms with Crippen molar-refractivity contribution in [3.8, 4) is 11.5 Å². The Morgan fingerprint density at radius 3 is 2.49 bits per heavy atom. The van der Waals surface area contributed by atoms with Gasteiger partial charge in [-0.3, -0.25) is 9.59 Å². The summed E-state index contributed by atoms with van der Waals surface area (Å²) in [6.07, 6.45) is 4.76. The SMILES string of the molecule is C=CCn1c(CNC(=O)/C=C/c2ccc(OC)c(OC)c2)nnc1SCC(=O)Nc1cc(Cl)cc(Cl)c1. The minimum Gasteiger partial charge on any atom is -0.493 e. The second-order valence-electron chi connectivity index (χ2n) is 7.46. The summed E-state index contributed by atoms with van der Waals surface area (Å²) >= 11 is 13.2. The normalized spacial score (nSPS) is 10.8. The van der Waals surface area contributed by atoms with E-state index in [1.165, 1.54) is 17.8 Å². The molecule has 2 aromatic carbocycles. The van der Waals surface area contributed by atoms with E-state index in [2.05, 4.69) is 27.4 Å². The number of hydrogen-bond donors (Lipinski definition) is 2. The zero-order chi connectivity index (χ0) is 26.8. The number of carbonyl (C=O) groups excluding carboxylic acids is 2. The Bertz CT molecular complexity index is 1290. The molecule has 3 rings (SSSR count). The number of anilines is 1. The summed E-state index contributed by atoms with van der Waals surface area (Å²) in [5.74, 6) is 1.21.